The summed E-state index contributed by atoms with van der Waals surface area (Å²) in [5.74, 6) is 0.937. The summed E-state index contributed by atoms with van der Waals surface area (Å²) in [4.78, 5) is 0. The second-order valence-electron chi connectivity index (χ2n) is 2.45. The highest BCUT2D eigenvalue weighted by Gasteiger charge is 2.12. The second-order valence-corrected chi connectivity index (χ2v) is 3.16. The van der Waals surface area contributed by atoms with Crippen molar-refractivity contribution >= 4 is 14.2 Å². The molecule has 0 aliphatic heterocycles. The Morgan fingerprint density at radius 3 is 2.57 bits per heavy atom. The van der Waals surface area contributed by atoms with Crippen molar-refractivity contribution in [1.82, 2.24) is 0 Å². The molecule has 0 aromatic heterocycles. The van der Waals surface area contributed by atoms with Crippen LogP contribution < -0.4 is 0 Å². The zero-order valence-electron chi connectivity index (χ0n) is 4.70. The summed E-state index contributed by atoms with van der Waals surface area (Å²) in [6.45, 7) is 2.30. The molecule has 1 aliphatic carbocycles. The summed E-state index contributed by atoms with van der Waals surface area (Å²) in [6.07, 6.45) is 3.99. The Balaban J connectivity index is 2.40. The largest absolute Gasteiger partial charge is 0.123 e. The van der Waals surface area contributed by atoms with E-state index in [9.17, 15) is 0 Å². The average Bonchev–Trinajstić information content (AvgIpc) is 1.87. The van der Waals surface area contributed by atoms with E-state index in [-0.39, 0.29) is 0 Å². The SMILES string of the molecule is CC1CCC(=P)C1. The standard InChI is InChI=1S/C6H11P/c1-5-2-3-6(7)4-5/h5,7H,2-4H2,1H3. The van der Waals surface area contributed by atoms with Gasteiger partial charge in [-0.3, -0.25) is 0 Å². The molecule has 1 heteroatoms. The molecule has 1 fully saturated rings. The van der Waals surface area contributed by atoms with Crippen molar-refractivity contribution in [3.05, 3.63) is 0 Å². The summed E-state index contributed by atoms with van der Waals surface area (Å²) >= 11 is 0. The van der Waals surface area contributed by atoms with Gasteiger partial charge in [0.15, 0.2) is 0 Å². The van der Waals surface area contributed by atoms with Crippen molar-refractivity contribution in [2.75, 3.05) is 0 Å². The maximum Gasteiger partial charge on any atom is -0.0253 e. The summed E-state index contributed by atoms with van der Waals surface area (Å²) in [5, 5.41) is 1.51. The van der Waals surface area contributed by atoms with Crippen LogP contribution in [0.4, 0.5) is 0 Å². The van der Waals surface area contributed by atoms with Gasteiger partial charge in [0, 0.05) is 0 Å². The van der Waals surface area contributed by atoms with Crippen LogP contribution in [0.5, 0.6) is 0 Å². The molecule has 1 rings (SSSR count). The smallest absolute Gasteiger partial charge is 0.0253 e. The van der Waals surface area contributed by atoms with E-state index in [0.717, 1.165) is 5.92 Å². The molecule has 0 spiro atoms. The molecule has 7 heavy (non-hydrogen) atoms. The Morgan fingerprint density at radius 2 is 2.43 bits per heavy atom. The lowest BCUT2D eigenvalue weighted by molar-refractivity contribution is 0.623. The van der Waals surface area contributed by atoms with Crippen LogP contribution in [-0.2, 0) is 0 Å². The zero-order chi connectivity index (χ0) is 5.28. The predicted octanol–water partition coefficient (Wildman–Crippen LogP) is 2.12. The van der Waals surface area contributed by atoms with Crippen molar-refractivity contribution in [2.24, 2.45) is 5.92 Å². The molecule has 40 valence electrons. The quantitative estimate of drug-likeness (QED) is 0.423. The van der Waals surface area contributed by atoms with Crippen LogP contribution in [-0.4, -0.2) is 5.29 Å². The van der Waals surface area contributed by atoms with Gasteiger partial charge in [-0.1, -0.05) is 6.92 Å². The fourth-order valence-corrected chi connectivity index (χ4v) is 1.54. The van der Waals surface area contributed by atoms with Crippen molar-refractivity contribution in [3.8, 4) is 0 Å². The van der Waals surface area contributed by atoms with Crippen molar-refractivity contribution in [3.63, 3.8) is 0 Å². The van der Waals surface area contributed by atoms with Gasteiger partial charge >= 0.3 is 0 Å². The number of hydrogen-bond acceptors (Lipinski definition) is 0. The van der Waals surface area contributed by atoms with Crippen LogP contribution in [0, 0.1) is 5.92 Å². The Hall–Kier alpha value is 0.170. The molecule has 1 saturated carbocycles. The fraction of sp³-hybridized carbons (Fsp3) is 0.833. The van der Waals surface area contributed by atoms with Crippen molar-refractivity contribution < 1.29 is 0 Å². The lowest BCUT2D eigenvalue weighted by Gasteiger charge is -1.91. The van der Waals surface area contributed by atoms with Gasteiger partial charge in [-0.05, 0) is 30.5 Å². The zero-order valence-corrected chi connectivity index (χ0v) is 5.70. The molecule has 0 aromatic rings. The molecule has 1 atom stereocenters. The van der Waals surface area contributed by atoms with Gasteiger partial charge in [0.25, 0.3) is 0 Å². The average molecular weight is 114 g/mol. The number of hydrogen-bond donors (Lipinski definition) is 0. The highest BCUT2D eigenvalue weighted by Crippen LogP contribution is 2.22. The van der Waals surface area contributed by atoms with Gasteiger partial charge < -0.3 is 0 Å². The van der Waals surface area contributed by atoms with Crippen LogP contribution in [0.15, 0.2) is 0 Å². The minimum absolute atomic E-state index is 0.937. The van der Waals surface area contributed by atoms with Gasteiger partial charge in [-0.15, -0.1) is 8.86 Å². The normalized spacial score (nSPS) is 31.6. The molecule has 0 bridgehead atoms. The molecule has 0 radical (unpaired) electrons. The van der Waals surface area contributed by atoms with E-state index in [1.54, 1.807) is 0 Å². The van der Waals surface area contributed by atoms with Crippen molar-refractivity contribution in [2.45, 2.75) is 26.2 Å². The van der Waals surface area contributed by atoms with E-state index in [1.165, 1.54) is 24.6 Å². The molecule has 0 nitrogen and oxygen atoms in total. The van der Waals surface area contributed by atoms with Crippen LogP contribution >= 0.6 is 8.86 Å². The minimum Gasteiger partial charge on any atom is -0.123 e. The van der Waals surface area contributed by atoms with E-state index >= 15 is 0 Å². The van der Waals surface area contributed by atoms with Crippen LogP contribution in [0.2, 0.25) is 0 Å². The third-order valence-electron chi connectivity index (χ3n) is 1.53. The molecule has 0 heterocycles. The topological polar surface area (TPSA) is 0 Å². The van der Waals surface area contributed by atoms with Gasteiger partial charge in [0.05, 0.1) is 0 Å². The van der Waals surface area contributed by atoms with Crippen LogP contribution in [0.1, 0.15) is 26.2 Å². The van der Waals surface area contributed by atoms with Gasteiger partial charge in [0.1, 0.15) is 0 Å². The molecule has 0 amide bonds. The molecule has 1 aliphatic rings. The van der Waals surface area contributed by atoms with Gasteiger partial charge in [-0.25, -0.2) is 0 Å². The van der Waals surface area contributed by atoms with Gasteiger partial charge in [-0.2, -0.15) is 0 Å². The van der Waals surface area contributed by atoms with E-state index in [4.69, 9.17) is 0 Å². The van der Waals surface area contributed by atoms with Crippen LogP contribution in [0.3, 0.4) is 0 Å². The van der Waals surface area contributed by atoms with E-state index in [2.05, 4.69) is 15.8 Å². The molecular formula is C6H11P. The molecule has 0 aromatic carbocycles. The Kier molecular flexibility index (Phi) is 1.49. The second kappa shape index (κ2) is 1.96. The molecule has 0 N–H and O–H groups in total. The monoisotopic (exact) mass is 114 g/mol. The van der Waals surface area contributed by atoms with E-state index < -0.39 is 0 Å². The third kappa shape index (κ3) is 1.28. The Bertz CT molecular complexity index is 86.2. The first-order chi connectivity index (χ1) is 3.29. The van der Waals surface area contributed by atoms with E-state index in [1.807, 2.05) is 0 Å². The molecular weight excluding hydrogens is 103 g/mol. The first-order valence-corrected chi connectivity index (χ1v) is 3.35. The fourth-order valence-electron chi connectivity index (χ4n) is 1.05. The summed E-state index contributed by atoms with van der Waals surface area (Å²) in [5.41, 5.74) is 0. The lowest BCUT2D eigenvalue weighted by atomic mass is 10.2. The summed E-state index contributed by atoms with van der Waals surface area (Å²) in [6, 6.07) is 0. The predicted molar refractivity (Wildman–Crippen MR) is 36.3 cm³/mol. The third-order valence-corrected chi connectivity index (χ3v) is 1.99. The van der Waals surface area contributed by atoms with Crippen molar-refractivity contribution in [1.29, 1.82) is 0 Å². The van der Waals surface area contributed by atoms with Crippen LogP contribution in [0.25, 0.3) is 0 Å². The molecule has 1 unspecified atom stereocenters. The lowest BCUT2D eigenvalue weighted by Crippen LogP contribution is -1.83. The highest BCUT2D eigenvalue weighted by atomic mass is 31.0. The highest BCUT2D eigenvalue weighted by molar-refractivity contribution is 7.21. The first-order valence-electron chi connectivity index (χ1n) is 2.85. The minimum atomic E-state index is 0.937. The van der Waals surface area contributed by atoms with Gasteiger partial charge in [0.2, 0.25) is 0 Å². The first kappa shape index (κ1) is 5.31. The maximum atomic E-state index is 3.54. The Morgan fingerprint density at radius 1 is 1.71 bits per heavy atom. The molecule has 0 saturated heterocycles. The summed E-state index contributed by atoms with van der Waals surface area (Å²) in [7, 11) is 3.54. The summed E-state index contributed by atoms with van der Waals surface area (Å²) < 4.78 is 0. The van der Waals surface area contributed by atoms with E-state index in [0.29, 0.717) is 0 Å². The maximum absolute atomic E-state index is 3.54. The number of rotatable bonds is 0. The Labute approximate surface area is 47.1 Å².